The highest BCUT2D eigenvalue weighted by Gasteiger charge is 2.40. The van der Waals surface area contributed by atoms with Crippen molar-refractivity contribution < 1.29 is 24.9 Å². The summed E-state index contributed by atoms with van der Waals surface area (Å²) in [5, 5.41) is 29.4. The largest absolute Gasteiger partial charge is 0.392 e. The zero-order valence-electron chi connectivity index (χ0n) is 17.1. The molecule has 158 valence electrons. The Morgan fingerprint density at radius 3 is 2.61 bits per heavy atom. The molecule has 0 aromatic rings. The van der Waals surface area contributed by atoms with Crippen LogP contribution in [0.2, 0.25) is 0 Å². The molecule has 28 heavy (non-hydrogen) atoms. The Balaban J connectivity index is 2.44. The third-order valence-electron chi connectivity index (χ3n) is 5.77. The average Bonchev–Trinajstić information content (AvgIpc) is 2.95. The molecule has 5 nitrogen and oxygen atoms in total. The van der Waals surface area contributed by atoms with Gasteiger partial charge in [0.1, 0.15) is 18.0 Å². The van der Waals surface area contributed by atoms with Crippen molar-refractivity contribution in [1.29, 1.82) is 0 Å². The number of unbranched alkanes of at least 4 members (excludes halogenated alkanes) is 3. The number of Topliss-reactive ketones (excluding diaryl/α,β-unsaturated/α-hetero) is 1. The molecule has 0 radical (unpaired) electrons. The zero-order valence-corrected chi connectivity index (χ0v) is 17.1. The Kier molecular flexibility index (Phi) is 11.3. The van der Waals surface area contributed by atoms with Crippen molar-refractivity contribution in [2.75, 3.05) is 6.61 Å². The first-order chi connectivity index (χ1) is 13.4. The van der Waals surface area contributed by atoms with Crippen molar-refractivity contribution in [1.82, 2.24) is 0 Å². The lowest BCUT2D eigenvalue weighted by molar-refractivity contribution is -0.121. The number of terminal acetylenes is 1. The number of hydrogen-bond acceptors (Lipinski definition) is 5. The molecular weight excluding hydrogens is 356 g/mol. The molecule has 0 bridgehead atoms. The fourth-order valence-corrected chi connectivity index (χ4v) is 4.05. The van der Waals surface area contributed by atoms with Gasteiger partial charge in [-0.25, -0.2) is 0 Å². The fourth-order valence-electron chi connectivity index (χ4n) is 4.05. The van der Waals surface area contributed by atoms with Gasteiger partial charge in [0.05, 0.1) is 6.10 Å². The van der Waals surface area contributed by atoms with E-state index in [4.69, 9.17) is 11.5 Å². The van der Waals surface area contributed by atoms with E-state index >= 15 is 0 Å². The molecule has 0 aromatic heterocycles. The van der Waals surface area contributed by atoms with Crippen LogP contribution in [0.1, 0.15) is 77.6 Å². The Hall–Kier alpha value is -1.48. The number of ketones is 2. The maximum absolute atomic E-state index is 12.3. The Morgan fingerprint density at radius 2 is 1.96 bits per heavy atom. The summed E-state index contributed by atoms with van der Waals surface area (Å²) in [5.41, 5.74) is -1.09. The topological polar surface area (TPSA) is 94.8 Å². The molecule has 1 saturated carbocycles. The molecule has 0 spiro atoms. The lowest BCUT2D eigenvalue weighted by Gasteiger charge is -2.25. The summed E-state index contributed by atoms with van der Waals surface area (Å²) < 4.78 is 0. The van der Waals surface area contributed by atoms with Gasteiger partial charge >= 0.3 is 0 Å². The molecule has 1 aliphatic rings. The third-order valence-corrected chi connectivity index (χ3v) is 5.77. The van der Waals surface area contributed by atoms with E-state index in [9.17, 15) is 19.8 Å². The van der Waals surface area contributed by atoms with Crippen LogP contribution in [0.4, 0.5) is 0 Å². The lowest BCUT2D eigenvalue weighted by atomic mass is 9.83. The van der Waals surface area contributed by atoms with E-state index in [1.807, 2.05) is 0 Å². The van der Waals surface area contributed by atoms with Crippen LogP contribution in [0.25, 0.3) is 0 Å². The van der Waals surface area contributed by atoms with Gasteiger partial charge in [0.2, 0.25) is 0 Å². The number of carbonyl (C=O) groups excluding carboxylic acids is 2. The summed E-state index contributed by atoms with van der Waals surface area (Å²) in [5.74, 6) is 2.14. The molecular formula is C23H36O5. The molecule has 0 aromatic carbocycles. The van der Waals surface area contributed by atoms with E-state index < -0.39 is 18.3 Å². The SMILES string of the molecule is C#CC(O)(CCCC)CCC[C@H]1[C@H](O)CC(=O)[C@@H]1CCCCC=CC(=O)CO. The summed E-state index contributed by atoms with van der Waals surface area (Å²) in [4.78, 5) is 23.3. The highest BCUT2D eigenvalue weighted by molar-refractivity contribution is 5.90. The molecule has 3 N–H and O–H groups in total. The van der Waals surface area contributed by atoms with E-state index in [1.54, 1.807) is 6.08 Å². The molecule has 1 fully saturated rings. The van der Waals surface area contributed by atoms with Gasteiger partial charge in [0.25, 0.3) is 0 Å². The van der Waals surface area contributed by atoms with Gasteiger partial charge in [-0.3, -0.25) is 9.59 Å². The van der Waals surface area contributed by atoms with Crippen LogP contribution in [0.15, 0.2) is 12.2 Å². The molecule has 1 unspecified atom stereocenters. The highest BCUT2D eigenvalue weighted by atomic mass is 16.3. The minimum absolute atomic E-state index is 0.0628. The first-order valence-corrected chi connectivity index (χ1v) is 10.6. The van der Waals surface area contributed by atoms with E-state index in [1.165, 1.54) is 6.08 Å². The van der Waals surface area contributed by atoms with E-state index in [0.29, 0.717) is 25.7 Å². The summed E-state index contributed by atoms with van der Waals surface area (Å²) >= 11 is 0. The Bertz CT molecular complexity index is 562. The van der Waals surface area contributed by atoms with Crippen LogP contribution < -0.4 is 0 Å². The van der Waals surface area contributed by atoms with Gasteiger partial charge in [0, 0.05) is 12.3 Å². The average molecular weight is 393 g/mol. The fraction of sp³-hybridized carbons (Fsp3) is 0.739. The summed E-state index contributed by atoms with van der Waals surface area (Å²) in [7, 11) is 0. The smallest absolute Gasteiger partial charge is 0.180 e. The molecule has 5 heteroatoms. The quantitative estimate of drug-likeness (QED) is 0.240. The molecule has 4 atom stereocenters. The van der Waals surface area contributed by atoms with E-state index in [-0.39, 0.29) is 29.8 Å². The van der Waals surface area contributed by atoms with Crippen LogP contribution in [-0.2, 0) is 9.59 Å². The second-order valence-corrected chi connectivity index (χ2v) is 7.99. The number of aliphatic hydroxyl groups is 3. The maximum Gasteiger partial charge on any atom is 0.180 e. The zero-order chi connectivity index (χ0) is 21.0. The van der Waals surface area contributed by atoms with Crippen molar-refractivity contribution >= 4 is 11.6 Å². The van der Waals surface area contributed by atoms with Gasteiger partial charge in [-0.15, -0.1) is 6.42 Å². The summed E-state index contributed by atoms with van der Waals surface area (Å²) in [6.45, 7) is 1.59. The van der Waals surface area contributed by atoms with Crippen LogP contribution in [0, 0.1) is 24.2 Å². The van der Waals surface area contributed by atoms with Crippen LogP contribution in [-0.4, -0.2) is 45.2 Å². The van der Waals surface area contributed by atoms with Gasteiger partial charge in [-0.05, 0) is 63.4 Å². The summed E-state index contributed by atoms with van der Waals surface area (Å²) in [6, 6.07) is 0. The van der Waals surface area contributed by atoms with Crippen LogP contribution in [0.3, 0.4) is 0 Å². The minimum Gasteiger partial charge on any atom is -0.392 e. The van der Waals surface area contributed by atoms with Crippen molar-refractivity contribution in [3.05, 3.63) is 12.2 Å². The minimum atomic E-state index is -1.09. The predicted octanol–water partition coefficient (Wildman–Crippen LogP) is 2.96. The Morgan fingerprint density at radius 1 is 1.25 bits per heavy atom. The Labute approximate surface area is 169 Å². The number of hydrogen-bond donors (Lipinski definition) is 3. The second kappa shape index (κ2) is 12.9. The predicted molar refractivity (Wildman–Crippen MR) is 109 cm³/mol. The lowest BCUT2D eigenvalue weighted by Crippen LogP contribution is -2.27. The third kappa shape index (κ3) is 8.26. The van der Waals surface area contributed by atoms with Gasteiger partial charge in [0.15, 0.2) is 5.78 Å². The number of aliphatic hydroxyl groups excluding tert-OH is 2. The molecule has 0 aliphatic heterocycles. The first-order valence-electron chi connectivity index (χ1n) is 10.6. The van der Waals surface area contributed by atoms with Crippen molar-refractivity contribution in [3.63, 3.8) is 0 Å². The van der Waals surface area contributed by atoms with E-state index in [2.05, 4.69) is 12.8 Å². The van der Waals surface area contributed by atoms with Gasteiger partial charge in [-0.1, -0.05) is 31.8 Å². The monoisotopic (exact) mass is 392 g/mol. The van der Waals surface area contributed by atoms with Crippen LogP contribution >= 0.6 is 0 Å². The summed E-state index contributed by atoms with van der Waals surface area (Å²) in [6.07, 6.45) is 15.8. The number of allylic oxidation sites excluding steroid dienone is 1. The van der Waals surface area contributed by atoms with Crippen molar-refractivity contribution in [2.24, 2.45) is 11.8 Å². The highest BCUT2D eigenvalue weighted by Crippen LogP contribution is 2.37. The van der Waals surface area contributed by atoms with E-state index in [0.717, 1.165) is 38.5 Å². The number of carbonyl (C=O) groups is 2. The molecule has 0 heterocycles. The first kappa shape index (κ1) is 24.6. The molecule has 1 rings (SSSR count). The van der Waals surface area contributed by atoms with Crippen molar-refractivity contribution in [2.45, 2.75) is 89.3 Å². The van der Waals surface area contributed by atoms with Gasteiger partial charge < -0.3 is 15.3 Å². The second-order valence-electron chi connectivity index (χ2n) is 7.99. The number of rotatable bonds is 14. The standard InChI is InChI=1S/C23H36O5/c1-3-5-14-23(28,4-2)15-10-13-20-19(21(26)16-22(20)27)12-9-7-6-8-11-18(25)17-24/h2,8,11,19-20,22,24,27-28H,3,5-7,9-10,12-17H2,1H3/t19-,20-,22-,23?/m1/s1. The molecule has 0 amide bonds. The van der Waals surface area contributed by atoms with Crippen molar-refractivity contribution in [3.8, 4) is 12.3 Å². The normalized spacial score (nSPS) is 24.4. The maximum atomic E-state index is 12.3. The molecule has 1 aliphatic carbocycles. The van der Waals surface area contributed by atoms with Gasteiger partial charge in [-0.2, -0.15) is 0 Å². The molecule has 0 saturated heterocycles. The van der Waals surface area contributed by atoms with Crippen LogP contribution in [0.5, 0.6) is 0 Å².